The number of amides is 2. The van der Waals surface area contributed by atoms with Crippen LogP contribution in [-0.4, -0.2) is 60.3 Å². The quantitative estimate of drug-likeness (QED) is 0.464. The van der Waals surface area contributed by atoms with Gasteiger partial charge in [0.15, 0.2) is 11.2 Å². The molecule has 1 aliphatic rings. The molecule has 0 spiro atoms. The molecule has 1 fully saturated rings. The molecule has 1 aliphatic heterocycles. The maximum atomic E-state index is 13.5. The lowest BCUT2D eigenvalue weighted by Crippen LogP contribution is -2.64. The highest BCUT2D eigenvalue weighted by atomic mass is 16.5. The lowest BCUT2D eigenvalue weighted by molar-refractivity contribution is -0.150. The van der Waals surface area contributed by atoms with Gasteiger partial charge in [0.2, 0.25) is 0 Å². The zero-order valence-corrected chi connectivity index (χ0v) is 23.6. The Balaban J connectivity index is 1.77. The number of benzene rings is 2. The summed E-state index contributed by atoms with van der Waals surface area (Å²) in [6, 6.07) is 19.6. The molecule has 2 amide bonds. The van der Waals surface area contributed by atoms with Gasteiger partial charge in [0.1, 0.15) is 0 Å². The van der Waals surface area contributed by atoms with Gasteiger partial charge in [-0.2, -0.15) is 0 Å². The Bertz CT molecular complexity index is 975. The van der Waals surface area contributed by atoms with E-state index in [4.69, 9.17) is 9.47 Å². The smallest absolute Gasteiger partial charge is 0.253 e. The van der Waals surface area contributed by atoms with Gasteiger partial charge < -0.3 is 30.7 Å². The van der Waals surface area contributed by atoms with Gasteiger partial charge in [0, 0.05) is 37.3 Å². The van der Waals surface area contributed by atoms with Crippen molar-refractivity contribution in [3.63, 3.8) is 0 Å². The summed E-state index contributed by atoms with van der Waals surface area (Å²) in [6.07, 6.45) is 0. The summed E-state index contributed by atoms with van der Waals surface area (Å²) in [5.74, 6) is -0.399. The number of carbonyl (C=O) groups excluding carboxylic acids is 2. The van der Waals surface area contributed by atoms with Crippen molar-refractivity contribution >= 4 is 11.8 Å². The molecule has 2 aromatic carbocycles. The lowest BCUT2D eigenvalue weighted by atomic mass is 9.96. The summed E-state index contributed by atoms with van der Waals surface area (Å²) in [6.45, 7) is 13.4. The first-order chi connectivity index (χ1) is 17.8. The van der Waals surface area contributed by atoms with Crippen LogP contribution in [0.5, 0.6) is 0 Å². The minimum atomic E-state index is -1.12. The molecule has 2 aromatic rings. The molecule has 8 heteroatoms. The molecular formula is C30H44N4O4. The van der Waals surface area contributed by atoms with Crippen molar-refractivity contribution < 1.29 is 19.1 Å². The fraction of sp³-hybridized carbons (Fsp3) is 0.533. The molecule has 0 aromatic heterocycles. The molecule has 0 aliphatic carbocycles. The maximum Gasteiger partial charge on any atom is 0.253 e. The summed E-state index contributed by atoms with van der Waals surface area (Å²) in [4.78, 5) is 27.1. The lowest BCUT2D eigenvalue weighted by Gasteiger charge is -2.39. The van der Waals surface area contributed by atoms with E-state index >= 15 is 0 Å². The van der Waals surface area contributed by atoms with Gasteiger partial charge in [-0.05, 0) is 52.7 Å². The van der Waals surface area contributed by atoms with Crippen LogP contribution in [0.15, 0.2) is 60.7 Å². The van der Waals surface area contributed by atoms with E-state index in [0.29, 0.717) is 26.3 Å². The Hall–Kier alpha value is -2.78. The highest BCUT2D eigenvalue weighted by Gasteiger charge is 2.41. The van der Waals surface area contributed by atoms with Crippen molar-refractivity contribution in [2.24, 2.45) is 0 Å². The molecule has 1 saturated heterocycles. The predicted octanol–water partition coefficient (Wildman–Crippen LogP) is 2.92. The monoisotopic (exact) mass is 524 g/mol. The molecule has 0 radical (unpaired) electrons. The van der Waals surface area contributed by atoms with Gasteiger partial charge in [-0.1, -0.05) is 60.7 Å². The van der Waals surface area contributed by atoms with Crippen LogP contribution >= 0.6 is 0 Å². The number of ether oxygens (including phenoxy) is 2. The summed E-state index contributed by atoms with van der Waals surface area (Å²) in [5, 5.41) is 13.0. The molecular weight excluding hydrogens is 480 g/mol. The second kappa shape index (κ2) is 12.4. The van der Waals surface area contributed by atoms with Crippen LogP contribution in [0.1, 0.15) is 52.7 Å². The maximum absolute atomic E-state index is 13.5. The molecule has 208 valence electrons. The summed E-state index contributed by atoms with van der Waals surface area (Å²) in [7, 11) is 0. The highest BCUT2D eigenvalue weighted by Crippen LogP contribution is 2.19. The van der Waals surface area contributed by atoms with E-state index in [1.807, 2.05) is 88.4 Å². The molecule has 0 bridgehead atoms. The van der Waals surface area contributed by atoms with Crippen molar-refractivity contribution in [1.82, 2.24) is 21.3 Å². The Labute approximate surface area is 227 Å². The zero-order valence-electron chi connectivity index (χ0n) is 23.6. The molecule has 0 saturated carbocycles. The first kappa shape index (κ1) is 29.8. The normalized spacial score (nSPS) is 26.6. The van der Waals surface area contributed by atoms with Crippen LogP contribution in [0.25, 0.3) is 0 Å². The van der Waals surface area contributed by atoms with E-state index in [9.17, 15) is 9.59 Å². The second-order valence-corrected chi connectivity index (χ2v) is 11.9. The largest absolute Gasteiger partial charge is 0.359 e. The summed E-state index contributed by atoms with van der Waals surface area (Å²) >= 11 is 0. The number of rotatable bonds is 6. The zero-order chi connectivity index (χ0) is 27.9. The van der Waals surface area contributed by atoms with Crippen molar-refractivity contribution in [2.75, 3.05) is 26.2 Å². The Morgan fingerprint density at radius 1 is 0.579 bits per heavy atom. The van der Waals surface area contributed by atoms with E-state index in [-0.39, 0.29) is 24.9 Å². The third-order valence-electron chi connectivity index (χ3n) is 6.72. The van der Waals surface area contributed by atoms with Crippen molar-refractivity contribution in [1.29, 1.82) is 0 Å². The molecule has 0 unspecified atom stereocenters. The number of nitrogens with one attached hydrogen (secondary N) is 4. The van der Waals surface area contributed by atoms with Crippen LogP contribution in [0.4, 0.5) is 0 Å². The summed E-state index contributed by atoms with van der Waals surface area (Å²) in [5.41, 5.74) is -1.47. The average Bonchev–Trinajstić information content (AvgIpc) is 2.86. The minimum Gasteiger partial charge on any atom is -0.359 e. The van der Waals surface area contributed by atoms with Gasteiger partial charge in [-0.25, -0.2) is 0 Å². The molecule has 8 nitrogen and oxygen atoms in total. The van der Waals surface area contributed by atoms with Crippen LogP contribution in [0, 0.1) is 0 Å². The first-order valence-corrected chi connectivity index (χ1v) is 13.3. The molecule has 1 heterocycles. The van der Waals surface area contributed by atoms with E-state index in [0.717, 1.165) is 11.1 Å². The molecule has 3 rings (SSSR count). The van der Waals surface area contributed by atoms with E-state index in [1.54, 1.807) is 13.8 Å². The Kier molecular flexibility index (Phi) is 9.70. The van der Waals surface area contributed by atoms with Crippen LogP contribution in [0.3, 0.4) is 0 Å². The first-order valence-electron chi connectivity index (χ1n) is 13.3. The Morgan fingerprint density at radius 3 is 1.26 bits per heavy atom. The molecule has 4 N–H and O–H groups in total. The second-order valence-electron chi connectivity index (χ2n) is 11.9. The molecule has 2 atom stereocenters. The van der Waals surface area contributed by atoms with Crippen LogP contribution in [0.2, 0.25) is 0 Å². The average molecular weight is 525 g/mol. The van der Waals surface area contributed by atoms with E-state index in [2.05, 4.69) is 21.3 Å². The fourth-order valence-corrected chi connectivity index (χ4v) is 4.22. The van der Waals surface area contributed by atoms with Gasteiger partial charge in [0.05, 0.1) is 13.2 Å². The topological polar surface area (TPSA) is 101 Å². The molecule has 38 heavy (non-hydrogen) atoms. The van der Waals surface area contributed by atoms with E-state index < -0.39 is 22.3 Å². The van der Waals surface area contributed by atoms with Crippen molar-refractivity contribution in [3.05, 3.63) is 71.8 Å². The summed E-state index contributed by atoms with van der Waals surface area (Å²) < 4.78 is 12.4. The third kappa shape index (κ3) is 8.63. The third-order valence-corrected chi connectivity index (χ3v) is 6.72. The predicted molar refractivity (Wildman–Crippen MR) is 149 cm³/mol. The Morgan fingerprint density at radius 2 is 0.921 bits per heavy atom. The number of carbonyl (C=O) groups is 2. The minimum absolute atomic E-state index is 0.199. The van der Waals surface area contributed by atoms with Gasteiger partial charge in [-0.3, -0.25) is 9.59 Å². The number of hydrogen-bond acceptors (Lipinski definition) is 6. The van der Waals surface area contributed by atoms with E-state index in [1.165, 1.54) is 0 Å². The van der Waals surface area contributed by atoms with Crippen molar-refractivity contribution in [2.45, 2.75) is 77.0 Å². The standard InChI is InChI=1S/C30H44N4O4/c1-27(2)19-31-21-30(6,38-18-24-15-11-8-12-16-24)26(36)34-28(3,4)20-32-22-29(5,25(35)33-27)37-17-23-13-9-7-10-14-23/h7-16,31-32H,17-22H2,1-6H3,(H,33,35)(H,34,36)/t29-,30-/m0/s1. The van der Waals surface area contributed by atoms with Crippen molar-refractivity contribution in [3.8, 4) is 0 Å². The highest BCUT2D eigenvalue weighted by molar-refractivity contribution is 5.86. The van der Waals surface area contributed by atoms with Gasteiger partial charge >= 0.3 is 0 Å². The number of hydrogen-bond donors (Lipinski definition) is 4. The fourth-order valence-electron chi connectivity index (χ4n) is 4.22. The van der Waals surface area contributed by atoms with Gasteiger partial charge in [0.25, 0.3) is 11.8 Å². The van der Waals surface area contributed by atoms with Gasteiger partial charge in [-0.15, -0.1) is 0 Å². The SMILES string of the molecule is CC1(C)CNC[C@](C)(OCc2ccccc2)C(=O)NC(C)(C)CNC[C@](C)(OCc2ccccc2)C(=O)N1. The van der Waals surface area contributed by atoms with Crippen LogP contribution < -0.4 is 21.3 Å². The van der Waals surface area contributed by atoms with Crippen LogP contribution in [-0.2, 0) is 32.3 Å².